The van der Waals surface area contributed by atoms with E-state index in [0.29, 0.717) is 48.5 Å². The number of amides is 1. The van der Waals surface area contributed by atoms with Crippen LogP contribution >= 0.6 is 15.9 Å². The molecule has 0 saturated carbocycles. The molecule has 4 rings (SSSR count). The van der Waals surface area contributed by atoms with Gasteiger partial charge in [0.1, 0.15) is 11.3 Å². The monoisotopic (exact) mass is 471 g/mol. The lowest BCUT2D eigenvalue weighted by molar-refractivity contribution is 0.0707. The average molecular weight is 472 g/mol. The number of carbonyl (C=O) groups is 1. The first-order valence-corrected chi connectivity index (χ1v) is 10.6. The van der Waals surface area contributed by atoms with Crippen molar-refractivity contribution >= 4 is 32.8 Å². The van der Waals surface area contributed by atoms with E-state index in [1.165, 1.54) is 0 Å². The minimum atomic E-state index is -0.538. The minimum Gasteiger partial charge on any atom is -0.494 e. The predicted molar refractivity (Wildman–Crippen MR) is 117 cm³/mol. The molecule has 1 amide bonds. The number of nitrogens with zero attached hydrogens (tertiary/aromatic N) is 1. The van der Waals surface area contributed by atoms with Gasteiger partial charge in [-0.05, 0) is 49.2 Å². The standard InChI is InChI=1S/C23H22BrNO5/c1-3-29-16-7-4-6-14(12-16)20-19-21(26)17-13-15(24)8-9-18(17)30-22(19)23(27)25(20)10-5-11-28-2/h4,6-9,12-13,20H,3,5,10-11H2,1-2H3. The van der Waals surface area contributed by atoms with Gasteiger partial charge < -0.3 is 18.8 Å². The summed E-state index contributed by atoms with van der Waals surface area (Å²) in [4.78, 5) is 28.4. The molecule has 6 nitrogen and oxygen atoms in total. The molecule has 156 valence electrons. The molecular weight excluding hydrogens is 450 g/mol. The smallest absolute Gasteiger partial charge is 0.290 e. The Hall–Kier alpha value is -2.64. The van der Waals surface area contributed by atoms with E-state index in [-0.39, 0.29) is 17.1 Å². The molecule has 1 aliphatic rings. The lowest BCUT2D eigenvalue weighted by Crippen LogP contribution is -2.31. The van der Waals surface area contributed by atoms with E-state index in [0.717, 1.165) is 10.0 Å². The number of fused-ring (bicyclic) bond motifs is 2. The zero-order chi connectivity index (χ0) is 21.3. The fourth-order valence-electron chi connectivity index (χ4n) is 3.89. The van der Waals surface area contributed by atoms with Crippen LogP contribution in [-0.4, -0.2) is 37.7 Å². The van der Waals surface area contributed by atoms with Gasteiger partial charge in [0.25, 0.3) is 5.91 Å². The number of carbonyl (C=O) groups excluding carboxylic acids is 1. The van der Waals surface area contributed by atoms with Gasteiger partial charge in [-0.25, -0.2) is 0 Å². The molecule has 0 saturated heterocycles. The molecule has 0 aliphatic carbocycles. The van der Waals surface area contributed by atoms with Gasteiger partial charge in [-0.1, -0.05) is 28.1 Å². The van der Waals surface area contributed by atoms with Gasteiger partial charge in [-0.15, -0.1) is 0 Å². The Morgan fingerprint density at radius 2 is 2.00 bits per heavy atom. The number of ether oxygens (including phenoxy) is 2. The molecule has 1 atom stereocenters. The SMILES string of the molecule is CCOc1cccc(C2c3c(oc4ccc(Br)cc4c3=O)C(=O)N2CCCOC)c1. The second-order valence-corrected chi connectivity index (χ2v) is 7.98. The van der Waals surface area contributed by atoms with Crippen LogP contribution in [0.1, 0.15) is 41.1 Å². The van der Waals surface area contributed by atoms with Gasteiger partial charge >= 0.3 is 0 Å². The topological polar surface area (TPSA) is 69.0 Å². The van der Waals surface area contributed by atoms with Gasteiger partial charge in [0.05, 0.1) is 23.6 Å². The van der Waals surface area contributed by atoms with Crippen molar-refractivity contribution in [3.05, 3.63) is 74.0 Å². The average Bonchev–Trinajstić information content (AvgIpc) is 3.02. The number of methoxy groups -OCH3 is 1. The second-order valence-electron chi connectivity index (χ2n) is 7.07. The van der Waals surface area contributed by atoms with Crippen molar-refractivity contribution in [2.24, 2.45) is 0 Å². The van der Waals surface area contributed by atoms with E-state index >= 15 is 0 Å². The number of rotatable bonds is 7. The van der Waals surface area contributed by atoms with Crippen LogP contribution in [0, 0.1) is 0 Å². The summed E-state index contributed by atoms with van der Waals surface area (Å²) in [5.41, 5.74) is 1.39. The molecule has 0 N–H and O–H groups in total. The Morgan fingerprint density at radius 1 is 1.17 bits per heavy atom. The number of benzene rings is 2. The molecule has 7 heteroatoms. The van der Waals surface area contributed by atoms with Gasteiger partial charge in [0, 0.05) is 24.7 Å². The molecule has 1 unspecified atom stereocenters. The highest BCUT2D eigenvalue weighted by Crippen LogP contribution is 2.39. The van der Waals surface area contributed by atoms with Gasteiger partial charge in [0.2, 0.25) is 5.76 Å². The van der Waals surface area contributed by atoms with E-state index in [4.69, 9.17) is 13.9 Å². The van der Waals surface area contributed by atoms with Crippen molar-refractivity contribution in [3.63, 3.8) is 0 Å². The second kappa shape index (κ2) is 8.62. The lowest BCUT2D eigenvalue weighted by atomic mass is 9.98. The summed E-state index contributed by atoms with van der Waals surface area (Å²) in [7, 11) is 1.62. The Kier molecular flexibility index (Phi) is 5.92. The molecule has 1 aliphatic heterocycles. The van der Waals surface area contributed by atoms with Crippen molar-refractivity contribution in [2.75, 3.05) is 26.9 Å². The normalized spacial score (nSPS) is 15.6. The molecule has 0 radical (unpaired) electrons. The van der Waals surface area contributed by atoms with Crippen LogP contribution in [0.25, 0.3) is 11.0 Å². The molecular formula is C23H22BrNO5. The molecule has 0 fully saturated rings. The van der Waals surface area contributed by atoms with E-state index in [9.17, 15) is 9.59 Å². The maximum atomic E-state index is 13.5. The van der Waals surface area contributed by atoms with E-state index in [1.807, 2.05) is 31.2 Å². The Balaban J connectivity index is 1.90. The highest BCUT2D eigenvalue weighted by molar-refractivity contribution is 9.10. The fraction of sp³-hybridized carbons (Fsp3) is 0.304. The van der Waals surface area contributed by atoms with E-state index in [2.05, 4.69) is 15.9 Å². The first-order chi connectivity index (χ1) is 14.5. The lowest BCUT2D eigenvalue weighted by Gasteiger charge is -2.25. The highest BCUT2D eigenvalue weighted by Gasteiger charge is 2.42. The Bertz CT molecular complexity index is 1160. The van der Waals surface area contributed by atoms with Crippen LogP contribution in [0.3, 0.4) is 0 Å². The molecule has 2 heterocycles. The molecule has 3 aromatic rings. The Labute approximate surface area is 182 Å². The first-order valence-electron chi connectivity index (χ1n) is 9.84. The third-order valence-electron chi connectivity index (χ3n) is 5.16. The zero-order valence-corrected chi connectivity index (χ0v) is 18.4. The summed E-state index contributed by atoms with van der Waals surface area (Å²) >= 11 is 3.41. The summed E-state index contributed by atoms with van der Waals surface area (Å²) in [5, 5.41) is 0.445. The van der Waals surface area contributed by atoms with Crippen molar-refractivity contribution in [2.45, 2.75) is 19.4 Å². The minimum absolute atomic E-state index is 0.110. The third kappa shape index (κ3) is 3.63. The summed E-state index contributed by atoms with van der Waals surface area (Å²) < 4.78 is 17.5. The molecule has 1 aromatic heterocycles. The number of hydrogen-bond donors (Lipinski definition) is 0. The summed E-state index contributed by atoms with van der Waals surface area (Å²) in [6.07, 6.45) is 0.650. The number of halogens is 1. The first kappa shape index (κ1) is 20.6. The molecule has 30 heavy (non-hydrogen) atoms. The van der Waals surface area contributed by atoms with Gasteiger partial charge in [0.15, 0.2) is 5.43 Å². The van der Waals surface area contributed by atoms with Crippen molar-refractivity contribution in [3.8, 4) is 5.75 Å². The predicted octanol–water partition coefficient (Wildman–Crippen LogP) is 4.54. The van der Waals surface area contributed by atoms with Crippen LogP contribution in [0.4, 0.5) is 0 Å². The summed E-state index contributed by atoms with van der Waals surface area (Å²) in [6, 6.07) is 12.2. The Morgan fingerprint density at radius 3 is 2.77 bits per heavy atom. The third-order valence-corrected chi connectivity index (χ3v) is 5.65. The largest absolute Gasteiger partial charge is 0.494 e. The molecule has 2 aromatic carbocycles. The summed E-state index contributed by atoms with van der Waals surface area (Å²) in [5.74, 6) is 0.523. The maximum absolute atomic E-state index is 13.5. The summed E-state index contributed by atoms with van der Waals surface area (Å²) in [6.45, 7) is 3.40. The van der Waals surface area contributed by atoms with Crippen LogP contribution < -0.4 is 10.2 Å². The molecule has 0 bridgehead atoms. The van der Waals surface area contributed by atoms with E-state index in [1.54, 1.807) is 30.2 Å². The number of hydrogen-bond acceptors (Lipinski definition) is 5. The zero-order valence-electron chi connectivity index (χ0n) is 16.8. The van der Waals surface area contributed by atoms with Crippen molar-refractivity contribution in [1.29, 1.82) is 0 Å². The van der Waals surface area contributed by atoms with Crippen LogP contribution in [0.2, 0.25) is 0 Å². The van der Waals surface area contributed by atoms with E-state index < -0.39 is 6.04 Å². The highest BCUT2D eigenvalue weighted by atomic mass is 79.9. The van der Waals surface area contributed by atoms with Crippen molar-refractivity contribution < 1.29 is 18.7 Å². The molecule has 0 spiro atoms. The van der Waals surface area contributed by atoms with Crippen molar-refractivity contribution in [1.82, 2.24) is 4.90 Å². The van der Waals surface area contributed by atoms with Crippen LogP contribution in [-0.2, 0) is 4.74 Å². The van der Waals surface area contributed by atoms with Gasteiger partial charge in [-0.2, -0.15) is 0 Å². The van der Waals surface area contributed by atoms with Gasteiger partial charge in [-0.3, -0.25) is 9.59 Å². The van der Waals surface area contributed by atoms with Crippen LogP contribution in [0.15, 0.2) is 56.1 Å². The van der Waals surface area contributed by atoms with Crippen LogP contribution in [0.5, 0.6) is 5.75 Å². The fourth-order valence-corrected chi connectivity index (χ4v) is 4.25. The maximum Gasteiger partial charge on any atom is 0.290 e. The quantitative estimate of drug-likeness (QED) is 0.473.